The van der Waals surface area contributed by atoms with E-state index in [1.54, 1.807) is 0 Å². The van der Waals surface area contributed by atoms with Gasteiger partial charge in [-0.1, -0.05) is 79.4 Å². The van der Waals surface area contributed by atoms with Crippen LogP contribution in [0.2, 0.25) is 0 Å². The molecule has 4 aliphatic carbocycles. The molecular formula is C30H52O. The fourth-order valence-corrected chi connectivity index (χ4v) is 9.31. The average Bonchev–Trinajstić information content (AvgIpc) is 3.00. The van der Waals surface area contributed by atoms with Crippen LogP contribution in [-0.4, -0.2) is 11.2 Å². The van der Waals surface area contributed by atoms with E-state index in [1.165, 1.54) is 57.8 Å². The smallest absolute Gasteiger partial charge is 0.0569 e. The average molecular weight is 429 g/mol. The first-order chi connectivity index (χ1) is 14.5. The van der Waals surface area contributed by atoms with E-state index >= 15 is 0 Å². The van der Waals surface area contributed by atoms with Crippen LogP contribution >= 0.6 is 0 Å². The first kappa shape index (κ1) is 23.8. The van der Waals surface area contributed by atoms with Crippen molar-refractivity contribution in [2.24, 2.45) is 51.8 Å². The second-order valence-corrected chi connectivity index (χ2v) is 13.7. The maximum Gasteiger partial charge on any atom is 0.0569 e. The summed E-state index contributed by atoms with van der Waals surface area (Å²) in [5.41, 5.74) is 5.01. The molecule has 4 aliphatic rings. The first-order valence-corrected chi connectivity index (χ1v) is 13.9. The zero-order chi connectivity index (χ0) is 22.8. The molecule has 2 fully saturated rings. The number of rotatable bonds is 5. The third-order valence-electron chi connectivity index (χ3n) is 12.3. The van der Waals surface area contributed by atoms with E-state index in [1.807, 2.05) is 11.1 Å². The third kappa shape index (κ3) is 3.50. The van der Waals surface area contributed by atoms with Gasteiger partial charge in [0.05, 0.1) is 6.10 Å². The van der Waals surface area contributed by atoms with Gasteiger partial charge >= 0.3 is 0 Å². The third-order valence-corrected chi connectivity index (χ3v) is 12.3. The minimum Gasteiger partial charge on any atom is -0.393 e. The molecule has 0 aromatic rings. The lowest BCUT2D eigenvalue weighted by Gasteiger charge is -2.60. The number of hydrogen-bond donors (Lipinski definition) is 1. The molecule has 0 spiro atoms. The van der Waals surface area contributed by atoms with Gasteiger partial charge in [0.1, 0.15) is 0 Å². The lowest BCUT2D eigenvalue weighted by Crippen LogP contribution is -2.51. The standard InChI is InChI=1S/C30H52O/c1-19(2)20(3)9-10-21(4)23-13-17-30(8)26-12-11-24-22(5)27(31)15-16-28(24,6)25(26)14-18-29(23,30)7/h19-24,27,31H,9-18H2,1-8H3/t20-,21+,22-,23+,24-,27-,28-,29+,30?/m0/s1. The van der Waals surface area contributed by atoms with Crippen molar-refractivity contribution in [1.82, 2.24) is 0 Å². The van der Waals surface area contributed by atoms with Gasteiger partial charge in [-0.05, 0) is 103 Å². The highest BCUT2D eigenvalue weighted by Crippen LogP contribution is 2.71. The molecule has 0 aromatic carbocycles. The molecule has 178 valence electrons. The first-order valence-electron chi connectivity index (χ1n) is 13.9. The summed E-state index contributed by atoms with van der Waals surface area (Å²) < 4.78 is 0. The predicted octanol–water partition coefficient (Wildman–Crippen LogP) is 8.41. The Bertz CT molecular complexity index is 705. The van der Waals surface area contributed by atoms with Crippen LogP contribution in [0, 0.1) is 51.8 Å². The van der Waals surface area contributed by atoms with Crippen molar-refractivity contribution in [3.05, 3.63) is 11.1 Å². The summed E-state index contributed by atoms with van der Waals surface area (Å²) in [6.45, 7) is 20.1. The summed E-state index contributed by atoms with van der Waals surface area (Å²) in [7, 11) is 0. The second kappa shape index (κ2) is 8.18. The Balaban J connectivity index is 1.60. The maximum atomic E-state index is 10.6. The summed E-state index contributed by atoms with van der Waals surface area (Å²) in [5.74, 6) is 4.56. The van der Waals surface area contributed by atoms with Crippen LogP contribution in [-0.2, 0) is 0 Å². The number of aliphatic hydroxyl groups excluding tert-OH is 1. The molecule has 0 bridgehead atoms. The van der Waals surface area contributed by atoms with Gasteiger partial charge in [-0.2, -0.15) is 0 Å². The molecule has 31 heavy (non-hydrogen) atoms. The van der Waals surface area contributed by atoms with Crippen molar-refractivity contribution < 1.29 is 5.11 Å². The van der Waals surface area contributed by atoms with Crippen LogP contribution in [0.5, 0.6) is 0 Å². The Labute approximate surface area is 193 Å². The zero-order valence-electron chi connectivity index (χ0n) is 22.1. The fraction of sp³-hybridized carbons (Fsp3) is 0.933. The van der Waals surface area contributed by atoms with Crippen molar-refractivity contribution in [3.63, 3.8) is 0 Å². The van der Waals surface area contributed by atoms with Crippen LogP contribution in [0.15, 0.2) is 11.1 Å². The molecule has 0 radical (unpaired) electrons. The molecule has 9 atom stereocenters. The molecule has 2 saturated carbocycles. The molecule has 1 unspecified atom stereocenters. The lowest BCUT2D eigenvalue weighted by atomic mass is 9.45. The number of fused-ring (bicyclic) bond motifs is 4. The summed E-state index contributed by atoms with van der Waals surface area (Å²) in [6.07, 6.45) is 13.2. The largest absolute Gasteiger partial charge is 0.393 e. The maximum absolute atomic E-state index is 10.6. The number of allylic oxidation sites excluding steroid dienone is 2. The molecule has 0 aromatic heterocycles. The molecule has 1 heteroatoms. The molecular weight excluding hydrogens is 376 g/mol. The van der Waals surface area contributed by atoms with Crippen molar-refractivity contribution >= 4 is 0 Å². The Morgan fingerprint density at radius 3 is 2.26 bits per heavy atom. The van der Waals surface area contributed by atoms with E-state index in [4.69, 9.17) is 0 Å². The number of aliphatic hydroxyl groups is 1. The molecule has 1 nitrogen and oxygen atoms in total. The second-order valence-electron chi connectivity index (χ2n) is 13.7. The molecule has 4 rings (SSSR count). The summed E-state index contributed by atoms with van der Waals surface area (Å²) in [6, 6.07) is 0. The fourth-order valence-electron chi connectivity index (χ4n) is 9.31. The van der Waals surface area contributed by atoms with E-state index in [2.05, 4.69) is 55.4 Å². The molecule has 1 N–H and O–H groups in total. The lowest BCUT2D eigenvalue weighted by molar-refractivity contribution is -0.0414. The van der Waals surface area contributed by atoms with E-state index in [0.717, 1.165) is 30.1 Å². The van der Waals surface area contributed by atoms with Crippen LogP contribution in [0.4, 0.5) is 0 Å². The van der Waals surface area contributed by atoms with E-state index in [-0.39, 0.29) is 6.10 Å². The topological polar surface area (TPSA) is 20.2 Å². The van der Waals surface area contributed by atoms with Crippen molar-refractivity contribution in [3.8, 4) is 0 Å². The van der Waals surface area contributed by atoms with Crippen molar-refractivity contribution in [2.75, 3.05) is 0 Å². The molecule has 0 heterocycles. The van der Waals surface area contributed by atoms with Gasteiger partial charge in [0.25, 0.3) is 0 Å². The van der Waals surface area contributed by atoms with Gasteiger partial charge in [-0.15, -0.1) is 0 Å². The Hall–Kier alpha value is -0.300. The van der Waals surface area contributed by atoms with Gasteiger partial charge in [-0.3, -0.25) is 0 Å². The van der Waals surface area contributed by atoms with Gasteiger partial charge < -0.3 is 5.11 Å². The minimum atomic E-state index is -0.0744. The van der Waals surface area contributed by atoms with Crippen LogP contribution in [0.1, 0.15) is 120 Å². The minimum absolute atomic E-state index is 0.0744. The van der Waals surface area contributed by atoms with Crippen molar-refractivity contribution in [1.29, 1.82) is 0 Å². The summed E-state index contributed by atoms with van der Waals surface area (Å²) >= 11 is 0. The summed E-state index contributed by atoms with van der Waals surface area (Å²) in [4.78, 5) is 0. The van der Waals surface area contributed by atoms with Crippen molar-refractivity contribution in [2.45, 2.75) is 126 Å². The predicted molar refractivity (Wildman–Crippen MR) is 133 cm³/mol. The summed E-state index contributed by atoms with van der Waals surface area (Å²) in [5, 5.41) is 10.6. The SMILES string of the molecule is CC(C)[C@@H](C)CC[C@@H](C)[C@H]1CCC2(C)C3=C(CC[C@]12C)[C@@]1(C)CC[C@H](O)[C@@H](C)[C@@H]1CC3. The zero-order valence-corrected chi connectivity index (χ0v) is 22.1. The van der Waals surface area contributed by atoms with E-state index < -0.39 is 0 Å². The van der Waals surface area contributed by atoms with Crippen LogP contribution < -0.4 is 0 Å². The monoisotopic (exact) mass is 428 g/mol. The highest BCUT2D eigenvalue weighted by Gasteiger charge is 2.62. The quantitative estimate of drug-likeness (QED) is 0.436. The van der Waals surface area contributed by atoms with Gasteiger partial charge in [0.2, 0.25) is 0 Å². The molecule has 0 aliphatic heterocycles. The highest BCUT2D eigenvalue weighted by atomic mass is 16.3. The molecule has 0 amide bonds. The van der Waals surface area contributed by atoms with Crippen LogP contribution in [0.3, 0.4) is 0 Å². The highest BCUT2D eigenvalue weighted by molar-refractivity contribution is 5.38. The van der Waals surface area contributed by atoms with Gasteiger partial charge in [0, 0.05) is 0 Å². The Morgan fingerprint density at radius 2 is 1.58 bits per heavy atom. The normalized spacial score (nSPS) is 47.0. The number of hydrogen-bond acceptors (Lipinski definition) is 1. The Kier molecular flexibility index (Phi) is 6.29. The van der Waals surface area contributed by atoms with Crippen LogP contribution in [0.25, 0.3) is 0 Å². The van der Waals surface area contributed by atoms with Gasteiger partial charge in [0.15, 0.2) is 0 Å². The van der Waals surface area contributed by atoms with E-state index in [9.17, 15) is 5.11 Å². The van der Waals surface area contributed by atoms with Gasteiger partial charge in [-0.25, -0.2) is 0 Å². The molecule has 0 saturated heterocycles. The Morgan fingerprint density at radius 1 is 0.871 bits per heavy atom. The van der Waals surface area contributed by atoms with E-state index in [0.29, 0.717) is 28.1 Å².